The van der Waals surface area contributed by atoms with Crippen LogP contribution in [0.5, 0.6) is 5.75 Å². The Balaban J connectivity index is 2.64. The SMILES string of the molecule is CCCCCCC(CC)Oc1ccccc1/C=C/C(=O)O. The zero-order valence-corrected chi connectivity index (χ0v) is 13.0. The Hall–Kier alpha value is -1.77. The second-order valence-corrected chi connectivity index (χ2v) is 5.21. The number of hydrogen-bond acceptors (Lipinski definition) is 2. The minimum atomic E-state index is -0.948. The predicted octanol–water partition coefficient (Wildman–Crippen LogP) is 4.91. The summed E-state index contributed by atoms with van der Waals surface area (Å²) >= 11 is 0. The van der Waals surface area contributed by atoms with Gasteiger partial charge >= 0.3 is 5.97 Å². The fourth-order valence-electron chi connectivity index (χ4n) is 2.21. The maximum atomic E-state index is 10.6. The molecule has 0 saturated carbocycles. The third-order valence-electron chi connectivity index (χ3n) is 3.45. The molecule has 0 amide bonds. The highest BCUT2D eigenvalue weighted by Gasteiger charge is 2.10. The van der Waals surface area contributed by atoms with E-state index in [1.165, 1.54) is 25.7 Å². The van der Waals surface area contributed by atoms with E-state index < -0.39 is 5.97 Å². The van der Waals surface area contributed by atoms with Crippen LogP contribution >= 0.6 is 0 Å². The van der Waals surface area contributed by atoms with Gasteiger partial charge in [-0.3, -0.25) is 0 Å². The largest absolute Gasteiger partial charge is 0.490 e. The Kier molecular flexibility index (Phi) is 8.25. The van der Waals surface area contributed by atoms with Gasteiger partial charge in [-0.25, -0.2) is 4.79 Å². The zero-order valence-electron chi connectivity index (χ0n) is 13.0. The molecule has 0 fully saturated rings. The number of unbranched alkanes of at least 4 members (excludes halogenated alkanes) is 3. The van der Waals surface area contributed by atoms with Gasteiger partial charge in [-0.2, -0.15) is 0 Å². The molecule has 3 heteroatoms. The van der Waals surface area contributed by atoms with Crippen LogP contribution in [0.15, 0.2) is 30.3 Å². The number of carboxylic acids is 1. The summed E-state index contributed by atoms with van der Waals surface area (Å²) in [4.78, 5) is 10.6. The Morgan fingerprint density at radius 2 is 2.00 bits per heavy atom. The molecule has 3 nitrogen and oxygen atoms in total. The highest BCUT2D eigenvalue weighted by Crippen LogP contribution is 2.23. The third-order valence-corrected chi connectivity index (χ3v) is 3.45. The van der Waals surface area contributed by atoms with Gasteiger partial charge in [0.25, 0.3) is 0 Å². The minimum Gasteiger partial charge on any atom is -0.490 e. The first-order chi connectivity index (χ1) is 10.2. The van der Waals surface area contributed by atoms with E-state index in [-0.39, 0.29) is 6.10 Å². The van der Waals surface area contributed by atoms with Gasteiger partial charge in [0.1, 0.15) is 5.75 Å². The molecule has 0 aliphatic rings. The summed E-state index contributed by atoms with van der Waals surface area (Å²) in [6.07, 6.45) is 9.87. The maximum absolute atomic E-state index is 10.6. The third kappa shape index (κ3) is 6.98. The number of carbonyl (C=O) groups is 1. The van der Waals surface area contributed by atoms with Gasteiger partial charge in [0.2, 0.25) is 0 Å². The van der Waals surface area contributed by atoms with Gasteiger partial charge in [-0.1, -0.05) is 51.3 Å². The Bertz CT molecular complexity index is 452. The summed E-state index contributed by atoms with van der Waals surface area (Å²) in [5.41, 5.74) is 0.812. The van der Waals surface area contributed by atoms with E-state index in [4.69, 9.17) is 9.84 Å². The van der Waals surface area contributed by atoms with E-state index in [0.29, 0.717) is 0 Å². The first kappa shape index (κ1) is 17.3. The van der Waals surface area contributed by atoms with E-state index in [1.807, 2.05) is 24.3 Å². The Morgan fingerprint density at radius 3 is 2.67 bits per heavy atom. The molecule has 1 rings (SSSR count). The maximum Gasteiger partial charge on any atom is 0.328 e. The summed E-state index contributed by atoms with van der Waals surface area (Å²) in [6, 6.07) is 7.57. The highest BCUT2D eigenvalue weighted by molar-refractivity contribution is 5.85. The summed E-state index contributed by atoms with van der Waals surface area (Å²) in [5, 5.41) is 8.73. The molecule has 0 aromatic heterocycles. The molecule has 116 valence electrons. The zero-order chi connectivity index (χ0) is 15.5. The monoisotopic (exact) mass is 290 g/mol. The lowest BCUT2D eigenvalue weighted by atomic mass is 10.1. The summed E-state index contributed by atoms with van der Waals surface area (Å²) in [7, 11) is 0. The van der Waals surface area contributed by atoms with Crippen LogP contribution in [0.2, 0.25) is 0 Å². The molecule has 1 aromatic rings. The van der Waals surface area contributed by atoms with Gasteiger partial charge in [-0.15, -0.1) is 0 Å². The number of hydrogen-bond donors (Lipinski definition) is 1. The van der Waals surface area contributed by atoms with Gasteiger partial charge in [-0.05, 0) is 31.4 Å². The molecule has 0 saturated heterocycles. The second kappa shape index (κ2) is 10.0. The molecule has 0 heterocycles. The molecule has 1 N–H and O–H groups in total. The molecule has 21 heavy (non-hydrogen) atoms. The number of rotatable bonds is 10. The molecule has 1 aromatic carbocycles. The number of para-hydroxylation sites is 1. The summed E-state index contributed by atoms with van der Waals surface area (Å²) in [5.74, 6) is -0.186. The molecule has 1 unspecified atom stereocenters. The van der Waals surface area contributed by atoms with E-state index in [1.54, 1.807) is 6.08 Å². The molecule has 0 bridgehead atoms. The van der Waals surface area contributed by atoms with Crippen molar-refractivity contribution >= 4 is 12.0 Å². The van der Waals surface area contributed by atoms with Crippen molar-refractivity contribution in [3.05, 3.63) is 35.9 Å². The second-order valence-electron chi connectivity index (χ2n) is 5.21. The van der Waals surface area contributed by atoms with E-state index in [2.05, 4.69) is 13.8 Å². The number of benzene rings is 1. The Labute approximate surface area is 127 Å². The first-order valence-corrected chi connectivity index (χ1v) is 7.84. The number of ether oxygens (including phenoxy) is 1. The predicted molar refractivity (Wildman–Crippen MR) is 86.6 cm³/mol. The van der Waals surface area contributed by atoms with Crippen molar-refractivity contribution in [1.29, 1.82) is 0 Å². The quantitative estimate of drug-likeness (QED) is 0.492. The minimum absolute atomic E-state index is 0.196. The van der Waals surface area contributed by atoms with E-state index >= 15 is 0 Å². The lowest BCUT2D eigenvalue weighted by Crippen LogP contribution is -2.15. The van der Waals surface area contributed by atoms with Gasteiger partial charge in [0.05, 0.1) is 6.10 Å². The first-order valence-electron chi connectivity index (χ1n) is 7.84. The van der Waals surface area contributed by atoms with Crippen LogP contribution < -0.4 is 4.74 Å². The molecule has 0 aliphatic carbocycles. The highest BCUT2D eigenvalue weighted by atomic mass is 16.5. The molecule has 0 spiro atoms. The smallest absolute Gasteiger partial charge is 0.328 e. The van der Waals surface area contributed by atoms with Gasteiger partial charge < -0.3 is 9.84 Å². The van der Waals surface area contributed by atoms with Crippen LogP contribution in [0, 0.1) is 0 Å². The van der Waals surface area contributed by atoms with Crippen LogP contribution in [-0.4, -0.2) is 17.2 Å². The van der Waals surface area contributed by atoms with Gasteiger partial charge in [0, 0.05) is 11.6 Å². The molecule has 0 aliphatic heterocycles. The average Bonchev–Trinajstić information content (AvgIpc) is 2.49. The van der Waals surface area contributed by atoms with Crippen LogP contribution in [0.3, 0.4) is 0 Å². The fourth-order valence-corrected chi connectivity index (χ4v) is 2.21. The normalized spacial score (nSPS) is 12.5. The molecule has 0 radical (unpaired) electrons. The summed E-state index contributed by atoms with van der Waals surface area (Å²) in [6.45, 7) is 4.33. The van der Waals surface area contributed by atoms with Crippen LogP contribution in [0.1, 0.15) is 57.9 Å². The summed E-state index contributed by atoms with van der Waals surface area (Å²) < 4.78 is 6.06. The van der Waals surface area contributed by atoms with Crippen molar-refractivity contribution in [2.24, 2.45) is 0 Å². The van der Waals surface area contributed by atoms with Crippen LogP contribution in [0.4, 0.5) is 0 Å². The number of aliphatic carboxylic acids is 1. The Morgan fingerprint density at radius 1 is 1.24 bits per heavy atom. The lowest BCUT2D eigenvalue weighted by Gasteiger charge is -2.19. The van der Waals surface area contributed by atoms with Crippen LogP contribution in [-0.2, 0) is 4.79 Å². The van der Waals surface area contributed by atoms with Crippen molar-refractivity contribution in [3.8, 4) is 5.75 Å². The molecule has 1 atom stereocenters. The van der Waals surface area contributed by atoms with Gasteiger partial charge in [0.15, 0.2) is 0 Å². The fraction of sp³-hybridized carbons (Fsp3) is 0.500. The molecular formula is C18H26O3. The lowest BCUT2D eigenvalue weighted by molar-refractivity contribution is -0.131. The number of carboxylic acid groups (broad SMARTS) is 1. The van der Waals surface area contributed by atoms with Crippen molar-refractivity contribution in [2.75, 3.05) is 0 Å². The van der Waals surface area contributed by atoms with E-state index in [0.717, 1.165) is 30.2 Å². The van der Waals surface area contributed by atoms with E-state index in [9.17, 15) is 4.79 Å². The topological polar surface area (TPSA) is 46.5 Å². The van der Waals surface area contributed by atoms with Crippen LogP contribution in [0.25, 0.3) is 6.08 Å². The van der Waals surface area contributed by atoms with Crippen molar-refractivity contribution < 1.29 is 14.6 Å². The van der Waals surface area contributed by atoms with Crippen molar-refractivity contribution in [3.63, 3.8) is 0 Å². The molecular weight excluding hydrogens is 264 g/mol. The van der Waals surface area contributed by atoms with Crippen molar-refractivity contribution in [1.82, 2.24) is 0 Å². The van der Waals surface area contributed by atoms with Crippen molar-refractivity contribution in [2.45, 2.75) is 58.5 Å². The standard InChI is InChI=1S/C18H26O3/c1-3-5-6-7-11-16(4-2)21-17-12-9-8-10-15(17)13-14-18(19)20/h8-10,12-14,16H,3-7,11H2,1-2H3,(H,19,20)/b14-13+. The average molecular weight is 290 g/mol.